The predicted octanol–water partition coefficient (Wildman–Crippen LogP) is 2.74. The third-order valence-corrected chi connectivity index (χ3v) is 3.24. The van der Waals surface area contributed by atoms with E-state index in [4.69, 9.17) is 4.74 Å². The lowest BCUT2D eigenvalue weighted by atomic mass is 10.2. The highest BCUT2D eigenvalue weighted by atomic mass is 16.5. The monoisotopic (exact) mass is 312 g/mol. The summed E-state index contributed by atoms with van der Waals surface area (Å²) in [6.07, 6.45) is 2.84. The van der Waals surface area contributed by atoms with E-state index in [1.54, 1.807) is 13.2 Å². The van der Waals surface area contributed by atoms with Gasteiger partial charge in [0, 0.05) is 26.3 Å². The van der Waals surface area contributed by atoms with Crippen LogP contribution in [0, 0.1) is 0 Å². The number of ether oxygens (including phenoxy) is 1. The van der Waals surface area contributed by atoms with Crippen LogP contribution in [0.1, 0.15) is 24.6 Å². The highest BCUT2D eigenvalue weighted by Crippen LogP contribution is 2.14. The summed E-state index contributed by atoms with van der Waals surface area (Å²) in [6, 6.07) is 13.9. The standard InChI is InChI=1S/C18H24N4O/c1-3-10-21-18(19-2)22-13-15-7-6-9-17(12-15)23-14-16-8-4-5-11-20-16/h4-9,11-12H,3,10,13-14H2,1-2H3,(H2,19,21,22). The molecule has 0 bridgehead atoms. The Morgan fingerprint density at radius 2 is 2.09 bits per heavy atom. The first kappa shape index (κ1) is 16.8. The van der Waals surface area contributed by atoms with Crippen LogP contribution in [-0.2, 0) is 13.2 Å². The Labute approximate surface area is 137 Å². The topological polar surface area (TPSA) is 58.5 Å². The number of aromatic nitrogens is 1. The first-order valence-electron chi connectivity index (χ1n) is 7.88. The van der Waals surface area contributed by atoms with Crippen LogP contribution in [0.15, 0.2) is 53.7 Å². The summed E-state index contributed by atoms with van der Waals surface area (Å²) in [5.41, 5.74) is 2.06. The molecule has 2 N–H and O–H groups in total. The van der Waals surface area contributed by atoms with E-state index in [2.05, 4.69) is 33.6 Å². The van der Waals surface area contributed by atoms with E-state index in [1.165, 1.54) is 0 Å². The van der Waals surface area contributed by atoms with Gasteiger partial charge in [0.1, 0.15) is 12.4 Å². The normalized spacial score (nSPS) is 11.1. The van der Waals surface area contributed by atoms with Crippen LogP contribution in [0.2, 0.25) is 0 Å². The van der Waals surface area contributed by atoms with Gasteiger partial charge in [-0.25, -0.2) is 0 Å². The largest absolute Gasteiger partial charge is 0.487 e. The molecule has 1 heterocycles. The second kappa shape index (κ2) is 9.46. The Bertz CT molecular complexity index is 613. The lowest BCUT2D eigenvalue weighted by molar-refractivity contribution is 0.301. The Balaban J connectivity index is 1.86. The van der Waals surface area contributed by atoms with E-state index < -0.39 is 0 Å². The number of benzene rings is 1. The van der Waals surface area contributed by atoms with E-state index in [-0.39, 0.29) is 0 Å². The smallest absolute Gasteiger partial charge is 0.191 e. The van der Waals surface area contributed by atoms with Crippen molar-refractivity contribution in [2.45, 2.75) is 26.5 Å². The number of guanidine groups is 1. The first-order valence-corrected chi connectivity index (χ1v) is 7.88. The molecule has 23 heavy (non-hydrogen) atoms. The zero-order valence-electron chi connectivity index (χ0n) is 13.7. The van der Waals surface area contributed by atoms with Crippen LogP contribution in [0.3, 0.4) is 0 Å². The molecule has 122 valence electrons. The minimum absolute atomic E-state index is 0.470. The Morgan fingerprint density at radius 1 is 1.17 bits per heavy atom. The quantitative estimate of drug-likeness (QED) is 0.610. The van der Waals surface area contributed by atoms with Crippen LogP contribution in [-0.4, -0.2) is 24.5 Å². The van der Waals surface area contributed by atoms with Gasteiger partial charge in [0.05, 0.1) is 5.69 Å². The molecule has 0 aliphatic rings. The molecule has 0 aliphatic carbocycles. The summed E-state index contributed by atoms with van der Waals surface area (Å²) in [5.74, 6) is 1.65. The number of pyridine rings is 1. The van der Waals surface area contributed by atoms with E-state index in [9.17, 15) is 0 Å². The van der Waals surface area contributed by atoms with E-state index in [0.717, 1.165) is 35.9 Å². The third-order valence-electron chi connectivity index (χ3n) is 3.24. The average molecular weight is 312 g/mol. The van der Waals surface area contributed by atoms with Crippen molar-refractivity contribution in [2.75, 3.05) is 13.6 Å². The molecule has 0 fully saturated rings. The van der Waals surface area contributed by atoms with Gasteiger partial charge in [-0.05, 0) is 36.2 Å². The van der Waals surface area contributed by atoms with Crippen LogP contribution < -0.4 is 15.4 Å². The average Bonchev–Trinajstić information content (AvgIpc) is 2.61. The highest BCUT2D eigenvalue weighted by Gasteiger charge is 2.01. The van der Waals surface area contributed by atoms with Gasteiger partial charge in [-0.15, -0.1) is 0 Å². The van der Waals surface area contributed by atoms with Gasteiger partial charge < -0.3 is 15.4 Å². The van der Waals surface area contributed by atoms with E-state index in [1.807, 2.05) is 36.4 Å². The number of aliphatic imine (C=N–C) groups is 1. The molecule has 1 aromatic heterocycles. The molecule has 0 saturated heterocycles. The van der Waals surface area contributed by atoms with Gasteiger partial charge in [-0.2, -0.15) is 0 Å². The first-order chi connectivity index (χ1) is 11.3. The molecule has 2 rings (SSSR count). The summed E-state index contributed by atoms with van der Waals surface area (Å²) in [7, 11) is 1.78. The molecule has 0 radical (unpaired) electrons. The Hall–Kier alpha value is -2.56. The second-order valence-corrected chi connectivity index (χ2v) is 5.11. The van der Waals surface area contributed by atoms with Crippen molar-refractivity contribution < 1.29 is 4.74 Å². The summed E-state index contributed by atoms with van der Waals surface area (Å²) in [6.45, 7) is 4.21. The number of nitrogens with one attached hydrogen (secondary N) is 2. The molecule has 2 aromatic rings. The third kappa shape index (κ3) is 5.98. The molecule has 0 aliphatic heterocycles. The fourth-order valence-electron chi connectivity index (χ4n) is 2.04. The van der Waals surface area contributed by atoms with Crippen molar-refractivity contribution >= 4 is 5.96 Å². The molecule has 0 unspecified atom stereocenters. The maximum absolute atomic E-state index is 5.79. The number of nitrogens with zero attached hydrogens (tertiary/aromatic N) is 2. The lowest BCUT2D eigenvalue weighted by Gasteiger charge is -2.12. The van der Waals surface area contributed by atoms with Crippen molar-refractivity contribution in [3.8, 4) is 5.75 Å². The highest BCUT2D eigenvalue weighted by molar-refractivity contribution is 5.79. The van der Waals surface area contributed by atoms with Crippen LogP contribution in [0.25, 0.3) is 0 Å². The maximum Gasteiger partial charge on any atom is 0.191 e. The lowest BCUT2D eigenvalue weighted by Crippen LogP contribution is -2.37. The van der Waals surface area contributed by atoms with Crippen molar-refractivity contribution in [1.29, 1.82) is 0 Å². The molecule has 0 saturated carbocycles. The minimum Gasteiger partial charge on any atom is -0.487 e. The summed E-state index contributed by atoms with van der Waals surface area (Å²) in [4.78, 5) is 8.45. The zero-order chi connectivity index (χ0) is 16.3. The van der Waals surface area contributed by atoms with Crippen molar-refractivity contribution in [3.63, 3.8) is 0 Å². The van der Waals surface area contributed by atoms with Crippen molar-refractivity contribution in [1.82, 2.24) is 15.6 Å². The molecule has 0 amide bonds. The fourth-order valence-corrected chi connectivity index (χ4v) is 2.04. The molecule has 5 nitrogen and oxygen atoms in total. The van der Waals surface area contributed by atoms with Gasteiger partial charge >= 0.3 is 0 Å². The van der Waals surface area contributed by atoms with Crippen molar-refractivity contribution in [2.24, 2.45) is 4.99 Å². The molecule has 0 atom stereocenters. The zero-order valence-corrected chi connectivity index (χ0v) is 13.7. The van der Waals surface area contributed by atoms with E-state index in [0.29, 0.717) is 13.2 Å². The molecular weight excluding hydrogens is 288 g/mol. The Morgan fingerprint density at radius 3 is 2.83 bits per heavy atom. The molecular formula is C18H24N4O. The van der Waals surface area contributed by atoms with Crippen LogP contribution >= 0.6 is 0 Å². The van der Waals surface area contributed by atoms with Gasteiger partial charge in [-0.3, -0.25) is 9.98 Å². The minimum atomic E-state index is 0.470. The van der Waals surface area contributed by atoms with Crippen molar-refractivity contribution in [3.05, 3.63) is 59.9 Å². The SMILES string of the molecule is CCCNC(=NC)NCc1cccc(OCc2ccccn2)c1. The second-order valence-electron chi connectivity index (χ2n) is 5.11. The predicted molar refractivity (Wildman–Crippen MR) is 93.5 cm³/mol. The van der Waals surface area contributed by atoms with Crippen LogP contribution in [0.5, 0.6) is 5.75 Å². The fraction of sp³-hybridized carbons (Fsp3) is 0.333. The van der Waals surface area contributed by atoms with Gasteiger partial charge in [0.25, 0.3) is 0 Å². The summed E-state index contributed by atoms with van der Waals surface area (Å²) < 4.78 is 5.79. The summed E-state index contributed by atoms with van der Waals surface area (Å²) in [5, 5.41) is 6.54. The molecule has 0 spiro atoms. The molecule has 5 heteroatoms. The van der Waals surface area contributed by atoms with Gasteiger partial charge in [0.15, 0.2) is 5.96 Å². The number of hydrogen-bond donors (Lipinski definition) is 2. The molecule has 1 aromatic carbocycles. The Kier molecular flexibility index (Phi) is 6.91. The number of rotatable bonds is 7. The van der Waals surface area contributed by atoms with Crippen LogP contribution in [0.4, 0.5) is 0 Å². The van der Waals surface area contributed by atoms with E-state index >= 15 is 0 Å². The van der Waals surface area contributed by atoms with Gasteiger partial charge in [0.2, 0.25) is 0 Å². The number of hydrogen-bond acceptors (Lipinski definition) is 3. The van der Waals surface area contributed by atoms with Gasteiger partial charge in [-0.1, -0.05) is 25.1 Å². The summed E-state index contributed by atoms with van der Waals surface area (Å²) >= 11 is 0. The maximum atomic E-state index is 5.79.